The van der Waals surface area contributed by atoms with Gasteiger partial charge in [-0.1, -0.05) is 0 Å². The molecule has 9 nitrogen and oxygen atoms in total. The van der Waals surface area contributed by atoms with Gasteiger partial charge in [-0.05, 0) is 46.2 Å². The molecule has 0 heterocycles. The van der Waals surface area contributed by atoms with Crippen LogP contribution in [0.25, 0.3) is 0 Å². The van der Waals surface area contributed by atoms with E-state index in [1.807, 2.05) is 0 Å². The van der Waals surface area contributed by atoms with Gasteiger partial charge in [0, 0.05) is 24.7 Å². The second kappa shape index (κ2) is 8.26. The Hall–Kier alpha value is -2.20. The van der Waals surface area contributed by atoms with Crippen molar-refractivity contribution in [1.82, 2.24) is 10.0 Å². The molecular formula is C15H23N3O6S. The molecule has 2 N–H and O–H groups in total. The molecule has 0 aromatic heterocycles. The lowest BCUT2D eigenvalue weighted by atomic mass is 10.2. The fraction of sp³-hybridized carbons (Fsp3) is 0.533. The Balaban J connectivity index is 2.53. The van der Waals surface area contributed by atoms with Crippen molar-refractivity contribution < 1.29 is 22.9 Å². The van der Waals surface area contributed by atoms with Crippen molar-refractivity contribution >= 4 is 21.8 Å². The lowest BCUT2D eigenvalue weighted by Gasteiger charge is -2.20. The van der Waals surface area contributed by atoms with E-state index in [-0.39, 0.29) is 17.1 Å². The molecule has 0 fully saturated rings. The summed E-state index contributed by atoms with van der Waals surface area (Å²) in [6.07, 6.45) is -0.219. The van der Waals surface area contributed by atoms with Crippen LogP contribution in [0, 0.1) is 10.1 Å². The van der Waals surface area contributed by atoms with E-state index in [9.17, 15) is 23.3 Å². The zero-order valence-corrected chi connectivity index (χ0v) is 15.4. The number of hydrogen-bond donors (Lipinski definition) is 2. The quantitative estimate of drug-likeness (QED) is 0.557. The summed E-state index contributed by atoms with van der Waals surface area (Å²) in [5, 5.41) is 13.1. The number of carbonyl (C=O) groups excluding carboxylic acids is 1. The number of nitrogens with one attached hydrogen (secondary N) is 2. The highest BCUT2D eigenvalue weighted by atomic mass is 32.2. The van der Waals surface area contributed by atoms with Crippen LogP contribution < -0.4 is 10.0 Å². The van der Waals surface area contributed by atoms with Crippen molar-refractivity contribution in [3.63, 3.8) is 0 Å². The molecule has 0 radical (unpaired) electrons. The highest BCUT2D eigenvalue weighted by molar-refractivity contribution is 7.89. The minimum Gasteiger partial charge on any atom is -0.444 e. The van der Waals surface area contributed by atoms with Crippen LogP contribution in [0.5, 0.6) is 0 Å². The molecule has 0 saturated carbocycles. The number of amides is 1. The maximum atomic E-state index is 12.2. The maximum absolute atomic E-state index is 12.2. The monoisotopic (exact) mass is 373 g/mol. The lowest BCUT2D eigenvalue weighted by Crippen LogP contribution is -2.37. The molecule has 0 aliphatic carbocycles. The van der Waals surface area contributed by atoms with Gasteiger partial charge >= 0.3 is 6.09 Å². The van der Waals surface area contributed by atoms with Crippen LogP contribution in [0.15, 0.2) is 29.2 Å². The summed E-state index contributed by atoms with van der Waals surface area (Å²) in [7, 11) is -3.80. The van der Waals surface area contributed by atoms with E-state index in [4.69, 9.17) is 4.74 Å². The average Bonchev–Trinajstić information content (AvgIpc) is 2.44. The Labute approximate surface area is 147 Å². The largest absolute Gasteiger partial charge is 0.444 e. The van der Waals surface area contributed by atoms with Gasteiger partial charge < -0.3 is 10.1 Å². The molecule has 0 bridgehead atoms. The third kappa shape index (κ3) is 7.48. The summed E-state index contributed by atoms with van der Waals surface area (Å²) < 4.78 is 32.0. The van der Waals surface area contributed by atoms with E-state index in [1.54, 1.807) is 27.7 Å². The highest BCUT2D eigenvalue weighted by Crippen LogP contribution is 2.16. The summed E-state index contributed by atoms with van der Waals surface area (Å²) in [6, 6.07) is 4.15. The number of rotatable bonds is 7. The average molecular weight is 373 g/mol. The minimum atomic E-state index is -3.80. The lowest BCUT2D eigenvalue weighted by molar-refractivity contribution is -0.384. The Morgan fingerprint density at radius 3 is 2.32 bits per heavy atom. The minimum absolute atomic E-state index is 0.0648. The first-order valence-corrected chi connectivity index (χ1v) is 9.13. The van der Waals surface area contributed by atoms with Gasteiger partial charge in [0.1, 0.15) is 5.60 Å². The van der Waals surface area contributed by atoms with E-state index in [1.165, 1.54) is 12.1 Å². The highest BCUT2D eigenvalue weighted by Gasteiger charge is 2.19. The number of non-ortho nitro benzene ring substituents is 1. The molecule has 25 heavy (non-hydrogen) atoms. The first kappa shape index (κ1) is 20.8. The number of carbonyl (C=O) groups is 1. The zero-order chi connectivity index (χ0) is 19.3. The van der Waals surface area contributed by atoms with E-state index in [0.717, 1.165) is 12.1 Å². The third-order valence-electron chi connectivity index (χ3n) is 2.96. The Kier molecular flexibility index (Phi) is 6.88. The number of nitrogens with zero attached hydrogens (tertiary/aromatic N) is 1. The Bertz CT molecular complexity index is 710. The fourth-order valence-electron chi connectivity index (χ4n) is 1.84. The van der Waals surface area contributed by atoms with Crippen LogP contribution in [0.4, 0.5) is 10.5 Å². The molecule has 1 unspecified atom stereocenters. The standard InChI is InChI=1S/C15H23N3O6S/c1-11(9-10-16-14(19)24-15(2,3)4)17-25(22,23)13-7-5-12(6-8-13)18(20)21/h5-8,11,17H,9-10H2,1-4H3,(H,16,19). The van der Waals surface area contributed by atoms with E-state index >= 15 is 0 Å². The first-order valence-electron chi connectivity index (χ1n) is 7.64. The second-order valence-electron chi connectivity index (χ2n) is 6.49. The second-order valence-corrected chi connectivity index (χ2v) is 8.20. The van der Waals surface area contributed by atoms with Crippen LogP contribution in [0.2, 0.25) is 0 Å². The molecule has 0 aliphatic heterocycles. The van der Waals surface area contributed by atoms with Gasteiger partial charge in [-0.25, -0.2) is 17.9 Å². The molecule has 0 aliphatic rings. The van der Waals surface area contributed by atoms with Gasteiger partial charge in [0.2, 0.25) is 10.0 Å². The molecule has 1 aromatic rings. The summed E-state index contributed by atoms with van der Waals surface area (Å²) >= 11 is 0. The zero-order valence-electron chi connectivity index (χ0n) is 14.6. The van der Waals surface area contributed by atoms with Gasteiger partial charge in [0.15, 0.2) is 0 Å². The number of sulfonamides is 1. The number of nitro benzene ring substituents is 1. The third-order valence-corrected chi connectivity index (χ3v) is 4.57. The van der Waals surface area contributed by atoms with Crippen LogP contribution in [0.3, 0.4) is 0 Å². The molecular weight excluding hydrogens is 350 g/mol. The van der Waals surface area contributed by atoms with E-state index < -0.39 is 32.7 Å². The molecule has 10 heteroatoms. The van der Waals surface area contributed by atoms with Crippen LogP contribution in [0.1, 0.15) is 34.1 Å². The van der Waals surface area contributed by atoms with Crippen LogP contribution in [-0.4, -0.2) is 37.6 Å². The number of hydrogen-bond acceptors (Lipinski definition) is 6. The summed E-state index contributed by atoms with van der Waals surface area (Å²) in [5.74, 6) is 0. The number of nitro groups is 1. The molecule has 1 aromatic carbocycles. The smallest absolute Gasteiger partial charge is 0.407 e. The molecule has 1 atom stereocenters. The maximum Gasteiger partial charge on any atom is 0.407 e. The predicted molar refractivity (Wildman–Crippen MR) is 91.7 cm³/mol. The SMILES string of the molecule is CC(CCNC(=O)OC(C)(C)C)NS(=O)(=O)c1ccc([N+](=O)[O-])cc1. The van der Waals surface area contributed by atoms with Crippen molar-refractivity contribution in [2.24, 2.45) is 0 Å². The Morgan fingerprint density at radius 2 is 1.84 bits per heavy atom. The summed E-state index contributed by atoms with van der Waals surface area (Å²) in [4.78, 5) is 21.4. The molecule has 140 valence electrons. The predicted octanol–water partition coefficient (Wildman–Crippen LogP) is 2.18. The number of benzene rings is 1. The number of alkyl carbamates (subject to hydrolysis) is 1. The fourth-order valence-corrected chi connectivity index (χ4v) is 3.12. The van der Waals surface area contributed by atoms with Crippen LogP contribution >= 0.6 is 0 Å². The summed E-state index contributed by atoms with van der Waals surface area (Å²) in [5.41, 5.74) is -0.790. The molecule has 0 spiro atoms. The Morgan fingerprint density at radius 1 is 1.28 bits per heavy atom. The van der Waals surface area contributed by atoms with Gasteiger partial charge in [-0.15, -0.1) is 0 Å². The molecule has 1 rings (SSSR count). The van der Waals surface area contributed by atoms with Gasteiger partial charge in [-0.3, -0.25) is 10.1 Å². The normalized spacial score (nSPS) is 13.1. The molecule has 1 amide bonds. The van der Waals surface area contributed by atoms with Gasteiger partial charge in [0.05, 0.1) is 9.82 Å². The molecule has 0 saturated heterocycles. The first-order chi connectivity index (χ1) is 11.4. The van der Waals surface area contributed by atoms with Crippen molar-refractivity contribution in [1.29, 1.82) is 0 Å². The van der Waals surface area contributed by atoms with Crippen LogP contribution in [-0.2, 0) is 14.8 Å². The van der Waals surface area contributed by atoms with E-state index in [2.05, 4.69) is 10.0 Å². The summed E-state index contributed by atoms with van der Waals surface area (Å²) in [6.45, 7) is 7.12. The topological polar surface area (TPSA) is 128 Å². The number of ether oxygens (including phenoxy) is 1. The van der Waals surface area contributed by atoms with Gasteiger partial charge in [0.25, 0.3) is 5.69 Å². The van der Waals surface area contributed by atoms with Gasteiger partial charge in [-0.2, -0.15) is 0 Å². The van der Waals surface area contributed by atoms with Crippen molar-refractivity contribution in [3.05, 3.63) is 34.4 Å². The van der Waals surface area contributed by atoms with E-state index in [0.29, 0.717) is 6.42 Å². The van der Waals surface area contributed by atoms with Crippen molar-refractivity contribution in [2.45, 2.75) is 50.7 Å². The van der Waals surface area contributed by atoms with Crippen molar-refractivity contribution in [3.8, 4) is 0 Å². The van der Waals surface area contributed by atoms with Crippen molar-refractivity contribution in [2.75, 3.05) is 6.54 Å².